The van der Waals surface area contributed by atoms with Crippen LogP contribution in [-0.2, 0) is 4.79 Å². The van der Waals surface area contributed by atoms with Crippen molar-refractivity contribution in [1.82, 2.24) is 0 Å². The average molecular weight is 288 g/mol. The van der Waals surface area contributed by atoms with E-state index >= 15 is 0 Å². The van der Waals surface area contributed by atoms with Crippen LogP contribution in [0.1, 0.15) is 12.5 Å². The molecule has 0 fully saturated rings. The van der Waals surface area contributed by atoms with Crippen LogP contribution in [0.4, 0.5) is 0 Å². The van der Waals surface area contributed by atoms with Crippen LogP contribution in [0.25, 0.3) is 6.08 Å². The van der Waals surface area contributed by atoms with Gasteiger partial charge in [-0.3, -0.25) is 4.79 Å². The number of rotatable bonds is 2. The van der Waals surface area contributed by atoms with Crippen molar-refractivity contribution in [3.63, 3.8) is 0 Å². The van der Waals surface area contributed by atoms with Gasteiger partial charge in [-0.25, -0.2) is 0 Å². The van der Waals surface area contributed by atoms with Gasteiger partial charge in [0.05, 0.1) is 4.91 Å². The Hall–Kier alpha value is -1.19. The Morgan fingerprint density at radius 1 is 1.11 bits per heavy atom. The zero-order valence-electron chi connectivity index (χ0n) is 10.8. The number of carbonyl (C=O) groups excluding carboxylic acids is 1. The highest BCUT2D eigenvalue weighted by Gasteiger charge is 2.10. The molecule has 0 unspecified atom stereocenters. The lowest BCUT2D eigenvalue weighted by molar-refractivity contribution is -0.110. The molecule has 2 rings (SSSR count). The summed E-state index contributed by atoms with van der Waals surface area (Å²) < 4.78 is 0. The number of hydrogen-bond acceptors (Lipinski definition) is 3. The number of allylic oxidation sites excluding steroid dienone is 5. The molecule has 1 aromatic carbocycles. The van der Waals surface area contributed by atoms with Gasteiger partial charge < -0.3 is 0 Å². The molecule has 1 heterocycles. The van der Waals surface area contributed by atoms with Crippen molar-refractivity contribution in [2.45, 2.75) is 6.92 Å². The fourth-order valence-electron chi connectivity index (χ4n) is 1.66. The zero-order chi connectivity index (χ0) is 13.5. The summed E-state index contributed by atoms with van der Waals surface area (Å²) in [5.41, 5.74) is 1.14. The van der Waals surface area contributed by atoms with Crippen LogP contribution < -0.4 is 0 Å². The molecule has 0 amide bonds. The minimum absolute atomic E-state index is 0.118. The second-order valence-electron chi connectivity index (χ2n) is 4.12. The van der Waals surface area contributed by atoms with E-state index in [0.717, 1.165) is 26.9 Å². The van der Waals surface area contributed by atoms with E-state index < -0.39 is 0 Å². The zero-order valence-corrected chi connectivity index (χ0v) is 12.5. The first-order chi connectivity index (χ1) is 9.25. The van der Waals surface area contributed by atoms with Crippen LogP contribution in [0.15, 0.2) is 58.4 Å². The summed E-state index contributed by atoms with van der Waals surface area (Å²) in [6.07, 6.45) is 7.62. The monoisotopic (exact) mass is 288 g/mol. The standard InChI is InChI=1S/C16H16OS2/c1-13-12-15(17)16(19-11-10-18-13)9-5-8-14-6-3-2-4-7-14/h2-9,12H,10-11H2,1H3/b8-5+,13-12-,16-9-. The maximum Gasteiger partial charge on any atom is 0.192 e. The van der Waals surface area contributed by atoms with E-state index in [-0.39, 0.29) is 5.78 Å². The summed E-state index contributed by atoms with van der Waals surface area (Å²) in [5, 5.41) is 0. The van der Waals surface area contributed by atoms with Gasteiger partial charge in [0.15, 0.2) is 5.78 Å². The van der Waals surface area contributed by atoms with Crippen molar-refractivity contribution < 1.29 is 4.79 Å². The van der Waals surface area contributed by atoms with E-state index in [9.17, 15) is 4.79 Å². The Bertz CT molecular complexity index is 527. The first-order valence-electron chi connectivity index (χ1n) is 6.17. The van der Waals surface area contributed by atoms with Crippen LogP contribution in [-0.4, -0.2) is 17.3 Å². The Kier molecular flexibility index (Phi) is 5.55. The number of thioether (sulfide) groups is 2. The van der Waals surface area contributed by atoms with Gasteiger partial charge >= 0.3 is 0 Å². The summed E-state index contributed by atoms with van der Waals surface area (Å²) in [4.78, 5) is 13.9. The number of carbonyl (C=O) groups is 1. The third-order valence-electron chi connectivity index (χ3n) is 2.58. The maximum absolute atomic E-state index is 12.0. The van der Waals surface area contributed by atoms with Gasteiger partial charge in [-0.1, -0.05) is 42.5 Å². The summed E-state index contributed by atoms with van der Waals surface area (Å²) in [6.45, 7) is 2.00. The molecule has 0 saturated carbocycles. The lowest BCUT2D eigenvalue weighted by Crippen LogP contribution is -2.01. The van der Waals surface area contributed by atoms with E-state index in [1.807, 2.05) is 55.5 Å². The van der Waals surface area contributed by atoms with Gasteiger partial charge in [0.25, 0.3) is 0 Å². The van der Waals surface area contributed by atoms with Gasteiger partial charge in [0.1, 0.15) is 0 Å². The average Bonchev–Trinajstić information content (AvgIpc) is 2.41. The predicted octanol–water partition coefficient (Wildman–Crippen LogP) is 4.54. The number of hydrogen-bond donors (Lipinski definition) is 0. The minimum Gasteiger partial charge on any atom is -0.289 e. The lowest BCUT2D eigenvalue weighted by Gasteiger charge is -2.08. The van der Waals surface area contributed by atoms with Gasteiger partial charge in [-0.2, -0.15) is 0 Å². The summed E-state index contributed by atoms with van der Waals surface area (Å²) in [6, 6.07) is 10.1. The van der Waals surface area contributed by atoms with Gasteiger partial charge in [0, 0.05) is 11.5 Å². The van der Waals surface area contributed by atoms with Crippen molar-refractivity contribution in [1.29, 1.82) is 0 Å². The highest BCUT2D eigenvalue weighted by atomic mass is 32.2. The van der Waals surface area contributed by atoms with E-state index in [2.05, 4.69) is 0 Å². The Morgan fingerprint density at radius 3 is 2.63 bits per heavy atom. The van der Waals surface area contributed by atoms with Crippen molar-refractivity contribution in [2.75, 3.05) is 11.5 Å². The topological polar surface area (TPSA) is 17.1 Å². The number of ketones is 1. The smallest absolute Gasteiger partial charge is 0.192 e. The third-order valence-corrected chi connectivity index (χ3v) is 4.88. The largest absolute Gasteiger partial charge is 0.289 e. The van der Waals surface area contributed by atoms with Crippen LogP contribution >= 0.6 is 23.5 Å². The van der Waals surface area contributed by atoms with E-state index in [1.165, 1.54) is 0 Å². The van der Waals surface area contributed by atoms with E-state index in [0.29, 0.717) is 0 Å². The van der Waals surface area contributed by atoms with E-state index in [4.69, 9.17) is 0 Å². The summed E-state index contributed by atoms with van der Waals surface area (Å²) in [7, 11) is 0. The van der Waals surface area contributed by atoms with Gasteiger partial charge in [-0.15, -0.1) is 23.5 Å². The third kappa shape index (κ3) is 4.77. The van der Waals surface area contributed by atoms with Crippen LogP contribution in [0.2, 0.25) is 0 Å². The molecule has 1 aliphatic heterocycles. The molecule has 1 nitrogen and oxygen atoms in total. The highest BCUT2D eigenvalue weighted by molar-refractivity contribution is 8.07. The molecule has 0 aliphatic carbocycles. The first-order valence-corrected chi connectivity index (χ1v) is 8.14. The molecule has 19 heavy (non-hydrogen) atoms. The van der Waals surface area contributed by atoms with Crippen LogP contribution in [0.5, 0.6) is 0 Å². The lowest BCUT2D eigenvalue weighted by atomic mass is 10.2. The molecule has 0 radical (unpaired) electrons. The van der Waals surface area contributed by atoms with Gasteiger partial charge in [0.2, 0.25) is 0 Å². The fourth-order valence-corrected chi connectivity index (χ4v) is 3.44. The fraction of sp³-hybridized carbons (Fsp3) is 0.188. The van der Waals surface area contributed by atoms with Crippen LogP contribution in [0.3, 0.4) is 0 Å². The summed E-state index contributed by atoms with van der Waals surface area (Å²) >= 11 is 3.39. The van der Waals surface area contributed by atoms with E-state index in [1.54, 1.807) is 29.6 Å². The molecule has 98 valence electrons. The van der Waals surface area contributed by atoms with Crippen molar-refractivity contribution in [3.8, 4) is 0 Å². The molecule has 1 aliphatic rings. The predicted molar refractivity (Wildman–Crippen MR) is 87.2 cm³/mol. The molecule has 0 aromatic heterocycles. The van der Waals surface area contributed by atoms with Gasteiger partial charge in [-0.05, 0) is 29.5 Å². The van der Waals surface area contributed by atoms with Crippen molar-refractivity contribution in [3.05, 3.63) is 63.9 Å². The normalized spacial score (nSPS) is 22.1. The second-order valence-corrected chi connectivity index (χ2v) is 6.59. The minimum atomic E-state index is 0.118. The first kappa shape index (κ1) is 14.2. The molecule has 0 saturated heterocycles. The molecule has 0 spiro atoms. The Labute approximate surface area is 122 Å². The molecule has 1 aromatic rings. The molecule has 0 atom stereocenters. The molecular formula is C16H16OS2. The molecule has 0 N–H and O–H groups in total. The summed E-state index contributed by atoms with van der Waals surface area (Å²) in [5.74, 6) is 2.15. The quantitative estimate of drug-likeness (QED) is 0.744. The number of benzene rings is 1. The maximum atomic E-state index is 12.0. The molecule has 0 bridgehead atoms. The van der Waals surface area contributed by atoms with Crippen molar-refractivity contribution in [2.24, 2.45) is 0 Å². The molecule has 3 heteroatoms. The Morgan fingerprint density at radius 2 is 1.84 bits per heavy atom. The van der Waals surface area contributed by atoms with Crippen LogP contribution in [0, 0.1) is 0 Å². The van der Waals surface area contributed by atoms with Crippen molar-refractivity contribution >= 4 is 35.4 Å². The molecular weight excluding hydrogens is 272 g/mol. The second kappa shape index (κ2) is 7.41. The SMILES string of the molecule is C/C1=C/C(=O)/C(=C/C=C/c2ccccc2)SCCS1. The highest BCUT2D eigenvalue weighted by Crippen LogP contribution is 2.26. The Balaban J connectivity index is 2.11.